The molecule has 41 heavy (non-hydrogen) atoms. The second kappa shape index (κ2) is 10.2. The van der Waals surface area contributed by atoms with Crippen LogP contribution in [-0.2, 0) is 34.7 Å². The maximum absolute atomic E-state index is 15.1. The molecular weight excluding hydrogens is 527 g/mol. The number of carbonyl (C=O) groups is 1. The van der Waals surface area contributed by atoms with Gasteiger partial charge >= 0.3 is 5.91 Å². The molecule has 1 amide bonds. The fraction of sp³-hybridized carbons (Fsp3) is 0.484. The van der Waals surface area contributed by atoms with Gasteiger partial charge in [-0.1, -0.05) is 6.92 Å². The summed E-state index contributed by atoms with van der Waals surface area (Å²) in [5.41, 5.74) is 4.68. The van der Waals surface area contributed by atoms with Crippen LogP contribution < -0.4 is 5.56 Å². The van der Waals surface area contributed by atoms with Crippen molar-refractivity contribution in [2.75, 3.05) is 40.4 Å². The van der Waals surface area contributed by atoms with Crippen molar-refractivity contribution < 1.29 is 28.7 Å². The van der Waals surface area contributed by atoms with Gasteiger partial charge in [0.15, 0.2) is 6.21 Å². The van der Waals surface area contributed by atoms with E-state index in [-0.39, 0.29) is 49.6 Å². The zero-order chi connectivity index (χ0) is 29.2. The monoisotopic (exact) mass is 563 g/mol. The molecular formula is C31H36FN4O5+. The molecule has 3 aromatic rings. The first-order valence-electron chi connectivity index (χ1n) is 14.2. The number of rotatable bonds is 6. The van der Waals surface area contributed by atoms with Crippen molar-refractivity contribution in [2.24, 2.45) is 0 Å². The van der Waals surface area contributed by atoms with Gasteiger partial charge < -0.3 is 19.5 Å². The Morgan fingerprint density at radius 3 is 2.85 bits per heavy atom. The van der Waals surface area contributed by atoms with Crippen LogP contribution in [0.4, 0.5) is 4.39 Å². The van der Waals surface area contributed by atoms with E-state index in [4.69, 9.17) is 9.72 Å². The summed E-state index contributed by atoms with van der Waals surface area (Å²) in [6.45, 7) is 4.74. The molecule has 0 radical (unpaired) electrons. The summed E-state index contributed by atoms with van der Waals surface area (Å²) >= 11 is 0. The highest BCUT2D eigenvalue weighted by molar-refractivity contribution is 5.95. The van der Waals surface area contributed by atoms with E-state index in [1.165, 1.54) is 6.07 Å². The lowest BCUT2D eigenvalue weighted by atomic mass is 9.78. The molecule has 2 aliphatic heterocycles. The highest BCUT2D eigenvalue weighted by Crippen LogP contribution is 2.46. The van der Waals surface area contributed by atoms with E-state index in [2.05, 4.69) is 0 Å². The maximum Gasteiger partial charge on any atom is 0.400 e. The molecule has 0 saturated carbocycles. The zero-order valence-corrected chi connectivity index (χ0v) is 24.0. The number of nitrogens with zero attached hydrogens (tertiary/aromatic N) is 4. The van der Waals surface area contributed by atoms with Crippen molar-refractivity contribution in [1.29, 1.82) is 0 Å². The molecule has 0 spiro atoms. The summed E-state index contributed by atoms with van der Waals surface area (Å²) in [6, 6.07) is 3.33. The molecule has 2 aromatic heterocycles. The van der Waals surface area contributed by atoms with Gasteiger partial charge in [0.2, 0.25) is 0 Å². The molecule has 6 rings (SSSR count). The number of halogens is 1. The van der Waals surface area contributed by atoms with Crippen molar-refractivity contribution in [3.63, 3.8) is 0 Å². The van der Waals surface area contributed by atoms with Crippen LogP contribution >= 0.6 is 0 Å². The molecule has 216 valence electrons. The molecule has 9 nitrogen and oxygen atoms in total. The fourth-order valence-electron chi connectivity index (χ4n) is 6.72. The van der Waals surface area contributed by atoms with Crippen LogP contribution in [0.5, 0.6) is 0 Å². The molecule has 4 heterocycles. The first-order valence-corrected chi connectivity index (χ1v) is 14.2. The van der Waals surface area contributed by atoms with Crippen LogP contribution in [0.15, 0.2) is 16.9 Å². The average Bonchev–Trinajstić information content (AvgIpc) is 3.31. The maximum atomic E-state index is 15.1. The molecule has 2 atom stereocenters. The molecule has 0 fully saturated rings. The van der Waals surface area contributed by atoms with Gasteiger partial charge in [0, 0.05) is 29.1 Å². The third-order valence-corrected chi connectivity index (χ3v) is 9.14. The number of benzene rings is 1. The van der Waals surface area contributed by atoms with Crippen molar-refractivity contribution in [3.8, 4) is 11.4 Å². The first kappa shape index (κ1) is 27.8. The molecule has 1 unspecified atom stereocenters. The molecule has 1 aliphatic carbocycles. The van der Waals surface area contributed by atoms with Crippen LogP contribution in [0.1, 0.15) is 59.1 Å². The number of aliphatic hydroxyl groups is 2. The van der Waals surface area contributed by atoms with Gasteiger partial charge in [0.25, 0.3) is 5.56 Å². The lowest BCUT2D eigenvalue weighted by Crippen LogP contribution is -2.40. The predicted octanol–water partition coefficient (Wildman–Crippen LogP) is 2.19. The van der Waals surface area contributed by atoms with Crippen LogP contribution in [0, 0.1) is 12.7 Å². The fourth-order valence-corrected chi connectivity index (χ4v) is 6.72. The Kier molecular flexibility index (Phi) is 6.93. The SMILES string of the molecule is CC[C@@]1(O)COCc2c1cc1n(c2=O)Cc2c-1nc1cc(F)c(C)c3c1c2C(C=[N+](C)C(=O)CN(C)CCO)CC3. The number of hydrogen-bond donors (Lipinski definition) is 2. The molecule has 10 heteroatoms. The largest absolute Gasteiger partial charge is 0.400 e. The molecule has 2 N–H and O–H groups in total. The number of ether oxygens (including phenoxy) is 1. The van der Waals surface area contributed by atoms with E-state index < -0.39 is 5.60 Å². The Bertz CT molecular complexity index is 1700. The van der Waals surface area contributed by atoms with Gasteiger partial charge in [-0.25, -0.2) is 14.2 Å². The summed E-state index contributed by atoms with van der Waals surface area (Å²) in [4.78, 5) is 33.5. The van der Waals surface area contributed by atoms with Crippen LogP contribution in [-0.4, -0.2) is 81.8 Å². The number of likely N-dealkylation sites (N-methyl/N-ethyl adjacent to an activating group) is 2. The summed E-state index contributed by atoms with van der Waals surface area (Å²) in [7, 11) is 3.52. The topological polar surface area (TPSA) is 108 Å². The number of amides is 1. The van der Waals surface area contributed by atoms with Crippen LogP contribution in [0.25, 0.3) is 22.3 Å². The third-order valence-electron chi connectivity index (χ3n) is 9.14. The van der Waals surface area contributed by atoms with E-state index in [0.717, 1.165) is 22.1 Å². The van der Waals surface area contributed by atoms with Crippen LogP contribution in [0.3, 0.4) is 0 Å². The normalized spacial score (nSPS) is 21.3. The van der Waals surface area contributed by atoms with Gasteiger partial charge in [0.05, 0.1) is 49.2 Å². The Labute approximate surface area is 237 Å². The second-order valence-corrected chi connectivity index (χ2v) is 11.7. The van der Waals surface area contributed by atoms with Gasteiger partial charge in [-0.3, -0.25) is 9.69 Å². The van der Waals surface area contributed by atoms with E-state index in [1.54, 1.807) is 35.1 Å². The lowest BCUT2D eigenvalue weighted by molar-refractivity contribution is -0.416. The molecule has 1 aromatic carbocycles. The number of aryl methyl sites for hydroxylation is 1. The number of pyridine rings is 2. The van der Waals surface area contributed by atoms with Crippen molar-refractivity contribution >= 4 is 23.0 Å². The Morgan fingerprint density at radius 2 is 2.12 bits per heavy atom. The second-order valence-electron chi connectivity index (χ2n) is 11.7. The number of aliphatic hydroxyl groups excluding tert-OH is 1. The third kappa shape index (κ3) is 4.35. The summed E-state index contributed by atoms with van der Waals surface area (Å²) in [6.07, 6.45) is 3.64. The summed E-state index contributed by atoms with van der Waals surface area (Å²) in [5, 5.41) is 21.4. The lowest BCUT2D eigenvalue weighted by Gasteiger charge is -2.33. The van der Waals surface area contributed by atoms with Gasteiger partial charge in [0.1, 0.15) is 25.0 Å². The minimum atomic E-state index is -1.27. The standard InChI is InChI=1S/C31H36FN4O5/c1-5-31(40)16-41-15-21-22(31)10-25-29-20(13-36(25)30(21)39)27-18(12-35(4)26(38)14-34(3)8-9-37)6-7-19-17(2)23(32)11-24(33-29)28(19)27/h10-12,18,37,40H,5-9,13-16H2,1-4H3/q+1/t18?,31-/m1/s1. The predicted molar refractivity (Wildman–Crippen MR) is 152 cm³/mol. The highest BCUT2D eigenvalue weighted by Gasteiger charge is 2.40. The first-order chi connectivity index (χ1) is 19.6. The number of fused-ring (bicyclic) bond motifs is 5. The number of hydrogen-bond acceptors (Lipinski definition) is 7. The minimum Gasteiger partial charge on any atom is -0.395 e. The number of aromatic nitrogens is 2. The van der Waals surface area contributed by atoms with Crippen molar-refractivity contribution in [2.45, 2.75) is 57.8 Å². The summed E-state index contributed by atoms with van der Waals surface area (Å²) < 4.78 is 24.0. The Hall–Kier alpha value is -3.31. The van der Waals surface area contributed by atoms with E-state index in [9.17, 15) is 19.8 Å². The quantitative estimate of drug-likeness (QED) is 0.274. The minimum absolute atomic E-state index is 0.0290. The van der Waals surface area contributed by atoms with Crippen LogP contribution in [0.2, 0.25) is 0 Å². The van der Waals surface area contributed by atoms with E-state index in [1.807, 2.05) is 19.2 Å². The Morgan fingerprint density at radius 1 is 1.34 bits per heavy atom. The van der Waals surface area contributed by atoms with Crippen molar-refractivity contribution in [3.05, 3.63) is 61.7 Å². The summed E-state index contributed by atoms with van der Waals surface area (Å²) in [5.74, 6) is -0.569. The van der Waals surface area contributed by atoms with Gasteiger partial charge in [-0.15, -0.1) is 0 Å². The highest BCUT2D eigenvalue weighted by atomic mass is 19.1. The zero-order valence-electron chi connectivity index (χ0n) is 24.0. The van der Waals surface area contributed by atoms with Gasteiger partial charge in [-0.05, 0) is 61.6 Å². The van der Waals surface area contributed by atoms with E-state index in [0.29, 0.717) is 65.9 Å². The molecule has 0 saturated heterocycles. The average molecular weight is 564 g/mol. The van der Waals surface area contributed by atoms with Gasteiger partial charge in [-0.2, -0.15) is 4.58 Å². The van der Waals surface area contributed by atoms with Crippen molar-refractivity contribution in [1.82, 2.24) is 14.5 Å². The molecule has 3 aliphatic rings. The smallest absolute Gasteiger partial charge is 0.395 e. The Balaban J connectivity index is 1.55. The molecule has 0 bridgehead atoms. The number of carbonyl (C=O) groups excluding carboxylic acids is 1. The van der Waals surface area contributed by atoms with E-state index >= 15 is 4.39 Å².